The summed E-state index contributed by atoms with van der Waals surface area (Å²) < 4.78 is 15.4. The maximum Gasteiger partial charge on any atom is 0.331 e. The molecule has 0 bridgehead atoms. The topological polar surface area (TPSA) is 73.9 Å². The number of anilines is 1. The van der Waals surface area contributed by atoms with E-state index in [2.05, 4.69) is 5.32 Å². The van der Waals surface area contributed by atoms with Crippen molar-refractivity contribution in [3.05, 3.63) is 58.1 Å². The van der Waals surface area contributed by atoms with Crippen LogP contribution in [0, 0.1) is 0 Å². The lowest BCUT2D eigenvalue weighted by Crippen LogP contribution is -2.20. The first-order valence-electron chi connectivity index (χ1n) is 7.50. The molecule has 0 radical (unpaired) electrons. The molecule has 1 aliphatic rings. The number of fused-ring (bicyclic) bond motifs is 1. The number of carbonyl (C=O) groups is 2. The summed E-state index contributed by atoms with van der Waals surface area (Å²) in [7, 11) is 0. The molecule has 0 aliphatic carbocycles. The third-order valence-corrected chi connectivity index (χ3v) is 3.91. The fourth-order valence-corrected chi connectivity index (χ4v) is 2.60. The molecule has 26 heavy (non-hydrogen) atoms. The number of halogens is 2. The average Bonchev–Trinajstić information content (AvgIpc) is 3.08. The molecular formula is C18H13Cl2NO5. The second-order valence-electron chi connectivity index (χ2n) is 5.23. The minimum atomic E-state index is -0.653. The van der Waals surface area contributed by atoms with Gasteiger partial charge in [-0.05, 0) is 42.0 Å². The minimum absolute atomic E-state index is 0.178. The third kappa shape index (κ3) is 4.68. The van der Waals surface area contributed by atoms with Gasteiger partial charge in [0, 0.05) is 11.1 Å². The molecular weight excluding hydrogens is 381 g/mol. The van der Waals surface area contributed by atoms with Gasteiger partial charge in [0.15, 0.2) is 18.1 Å². The highest BCUT2D eigenvalue weighted by Crippen LogP contribution is 2.32. The van der Waals surface area contributed by atoms with Crippen molar-refractivity contribution < 1.29 is 23.8 Å². The number of ether oxygens (including phenoxy) is 3. The van der Waals surface area contributed by atoms with Gasteiger partial charge >= 0.3 is 5.97 Å². The van der Waals surface area contributed by atoms with Crippen molar-refractivity contribution in [3.8, 4) is 11.5 Å². The Morgan fingerprint density at radius 3 is 2.73 bits per heavy atom. The number of hydrogen-bond acceptors (Lipinski definition) is 5. The van der Waals surface area contributed by atoms with Crippen LogP contribution >= 0.6 is 23.2 Å². The Morgan fingerprint density at radius 1 is 1.12 bits per heavy atom. The predicted molar refractivity (Wildman–Crippen MR) is 97.6 cm³/mol. The van der Waals surface area contributed by atoms with E-state index in [1.807, 2.05) is 0 Å². The molecule has 6 nitrogen and oxygen atoms in total. The summed E-state index contributed by atoms with van der Waals surface area (Å²) in [5, 5.41) is 3.28. The molecule has 2 aromatic carbocycles. The summed E-state index contributed by atoms with van der Waals surface area (Å²) >= 11 is 11.7. The maximum absolute atomic E-state index is 11.8. The first-order valence-corrected chi connectivity index (χ1v) is 8.26. The van der Waals surface area contributed by atoms with Crippen molar-refractivity contribution in [3.63, 3.8) is 0 Å². The molecule has 1 N–H and O–H groups in total. The van der Waals surface area contributed by atoms with E-state index in [1.54, 1.807) is 36.4 Å². The van der Waals surface area contributed by atoms with Crippen LogP contribution in [0.15, 0.2) is 42.5 Å². The molecule has 8 heteroatoms. The van der Waals surface area contributed by atoms with Gasteiger partial charge in [-0.2, -0.15) is 0 Å². The highest BCUT2D eigenvalue weighted by Gasteiger charge is 2.12. The standard InChI is InChI=1S/C18H13Cl2NO5/c19-12-3-4-14(13(20)8-12)21-17(22)9-24-18(23)6-2-11-1-5-15-16(7-11)26-10-25-15/h1-8H,9-10H2,(H,21,22). The minimum Gasteiger partial charge on any atom is -0.454 e. The van der Waals surface area contributed by atoms with Gasteiger partial charge in [0.05, 0.1) is 10.7 Å². The Hall–Kier alpha value is -2.70. The normalized spacial score (nSPS) is 12.2. The van der Waals surface area contributed by atoms with Gasteiger partial charge in [0.25, 0.3) is 5.91 Å². The number of amides is 1. The molecule has 3 rings (SSSR count). The monoisotopic (exact) mass is 393 g/mol. The lowest BCUT2D eigenvalue weighted by atomic mass is 10.2. The fourth-order valence-electron chi connectivity index (χ4n) is 2.14. The highest BCUT2D eigenvalue weighted by molar-refractivity contribution is 6.36. The summed E-state index contributed by atoms with van der Waals surface area (Å²) in [6.45, 7) is -0.263. The van der Waals surface area contributed by atoms with Crippen molar-refractivity contribution in [1.82, 2.24) is 0 Å². The predicted octanol–water partition coefficient (Wildman–Crippen LogP) is 3.92. The van der Waals surface area contributed by atoms with Gasteiger partial charge in [-0.1, -0.05) is 29.3 Å². The number of esters is 1. The third-order valence-electron chi connectivity index (χ3n) is 3.36. The summed E-state index contributed by atoms with van der Waals surface area (Å²) in [4.78, 5) is 23.6. The van der Waals surface area contributed by atoms with Crippen LogP contribution in [0.25, 0.3) is 6.08 Å². The second-order valence-corrected chi connectivity index (χ2v) is 6.07. The fraction of sp³-hybridized carbons (Fsp3) is 0.111. The largest absolute Gasteiger partial charge is 0.454 e. The van der Waals surface area contributed by atoms with Gasteiger partial charge in [0.1, 0.15) is 0 Å². The van der Waals surface area contributed by atoms with Crippen LogP contribution in [-0.4, -0.2) is 25.3 Å². The molecule has 0 saturated carbocycles. The second kappa shape index (κ2) is 8.12. The number of carbonyl (C=O) groups excluding carboxylic acids is 2. The Bertz CT molecular complexity index is 882. The Labute approximate surface area is 159 Å². The molecule has 0 aromatic heterocycles. The van der Waals surface area contributed by atoms with Gasteiger partial charge in [-0.3, -0.25) is 4.79 Å². The van der Waals surface area contributed by atoms with E-state index in [0.717, 1.165) is 5.56 Å². The zero-order valence-corrected chi connectivity index (χ0v) is 14.8. The van der Waals surface area contributed by atoms with Crippen LogP contribution < -0.4 is 14.8 Å². The van der Waals surface area contributed by atoms with Crippen molar-refractivity contribution in [2.24, 2.45) is 0 Å². The van der Waals surface area contributed by atoms with Crippen LogP contribution in [-0.2, 0) is 14.3 Å². The van der Waals surface area contributed by atoms with Crippen LogP contribution in [0.3, 0.4) is 0 Å². The highest BCUT2D eigenvalue weighted by atomic mass is 35.5. The molecule has 0 atom stereocenters. The Morgan fingerprint density at radius 2 is 1.92 bits per heavy atom. The number of nitrogens with one attached hydrogen (secondary N) is 1. The molecule has 2 aromatic rings. The summed E-state index contributed by atoms with van der Waals surface area (Å²) in [6, 6.07) is 9.90. The quantitative estimate of drug-likeness (QED) is 0.615. The molecule has 1 aliphatic heterocycles. The van der Waals surface area contributed by atoms with Crippen molar-refractivity contribution in [2.45, 2.75) is 0 Å². The summed E-state index contributed by atoms with van der Waals surface area (Å²) in [5.74, 6) is 0.0982. The van der Waals surface area contributed by atoms with Crippen LogP contribution in [0.5, 0.6) is 11.5 Å². The van der Waals surface area contributed by atoms with E-state index in [0.29, 0.717) is 27.2 Å². The van der Waals surface area contributed by atoms with Crippen LogP contribution in [0.1, 0.15) is 5.56 Å². The lowest BCUT2D eigenvalue weighted by molar-refractivity contribution is -0.142. The maximum atomic E-state index is 11.8. The van der Waals surface area contributed by atoms with E-state index in [1.165, 1.54) is 12.1 Å². The van der Waals surface area contributed by atoms with E-state index in [9.17, 15) is 9.59 Å². The average molecular weight is 394 g/mol. The van der Waals surface area contributed by atoms with E-state index in [-0.39, 0.29) is 6.79 Å². The van der Waals surface area contributed by atoms with Crippen molar-refractivity contribution in [1.29, 1.82) is 0 Å². The van der Waals surface area contributed by atoms with Crippen LogP contribution in [0.4, 0.5) is 5.69 Å². The molecule has 1 amide bonds. The van der Waals surface area contributed by atoms with E-state index >= 15 is 0 Å². The SMILES string of the molecule is O=C(COC(=O)C=Cc1ccc2c(c1)OCO2)Nc1ccc(Cl)cc1Cl. The van der Waals surface area contributed by atoms with E-state index in [4.69, 9.17) is 37.4 Å². The van der Waals surface area contributed by atoms with E-state index < -0.39 is 18.5 Å². The first-order chi connectivity index (χ1) is 12.5. The molecule has 0 spiro atoms. The van der Waals surface area contributed by atoms with Gasteiger partial charge in [-0.15, -0.1) is 0 Å². The number of hydrogen-bond donors (Lipinski definition) is 1. The Kier molecular flexibility index (Phi) is 5.65. The number of rotatable bonds is 5. The molecule has 1 heterocycles. The molecule has 134 valence electrons. The van der Waals surface area contributed by atoms with Gasteiger partial charge in [-0.25, -0.2) is 4.79 Å². The van der Waals surface area contributed by atoms with Crippen LogP contribution in [0.2, 0.25) is 10.0 Å². The summed E-state index contributed by atoms with van der Waals surface area (Å²) in [6.07, 6.45) is 2.78. The smallest absolute Gasteiger partial charge is 0.331 e. The first kappa shape index (κ1) is 18.1. The zero-order valence-electron chi connectivity index (χ0n) is 13.3. The molecule has 0 fully saturated rings. The van der Waals surface area contributed by atoms with Crippen molar-refractivity contribution in [2.75, 3.05) is 18.7 Å². The van der Waals surface area contributed by atoms with Gasteiger partial charge in [0.2, 0.25) is 6.79 Å². The summed E-state index contributed by atoms with van der Waals surface area (Å²) in [5.41, 5.74) is 1.12. The van der Waals surface area contributed by atoms with Gasteiger partial charge < -0.3 is 19.5 Å². The Balaban J connectivity index is 1.49. The lowest BCUT2D eigenvalue weighted by Gasteiger charge is -2.07. The number of benzene rings is 2. The molecule has 0 unspecified atom stereocenters. The zero-order chi connectivity index (χ0) is 18.5. The van der Waals surface area contributed by atoms with Crippen molar-refractivity contribution >= 4 is 46.8 Å². The molecule has 0 saturated heterocycles.